The van der Waals surface area contributed by atoms with Gasteiger partial charge in [-0.25, -0.2) is 9.97 Å². The van der Waals surface area contributed by atoms with Crippen LogP contribution in [0.3, 0.4) is 0 Å². The standard InChI is InChI=1S/C15H15N3O/c1-10(2)12-5-4-11(3)14(6-12)19-15-9-17-13(7-16)8-18-15/h4-6,8-10H,1-3H3. The normalized spacial score (nSPS) is 10.3. The minimum Gasteiger partial charge on any atom is -0.437 e. The van der Waals surface area contributed by atoms with E-state index in [-0.39, 0.29) is 5.69 Å². The highest BCUT2D eigenvalue weighted by Gasteiger charge is 2.07. The predicted molar refractivity (Wildman–Crippen MR) is 72.1 cm³/mol. The van der Waals surface area contributed by atoms with Gasteiger partial charge in [0.2, 0.25) is 5.88 Å². The lowest BCUT2D eigenvalue weighted by Gasteiger charge is -2.11. The Hall–Kier alpha value is -2.41. The zero-order chi connectivity index (χ0) is 13.8. The fraction of sp³-hybridized carbons (Fsp3) is 0.267. The Bertz CT molecular complexity index is 612. The largest absolute Gasteiger partial charge is 0.437 e. The molecular weight excluding hydrogens is 238 g/mol. The van der Waals surface area contributed by atoms with Crippen LogP contribution in [0.4, 0.5) is 0 Å². The first kappa shape index (κ1) is 13.0. The van der Waals surface area contributed by atoms with Crippen LogP contribution in [0, 0.1) is 18.3 Å². The van der Waals surface area contributed by atoms with Gasteiger partial charge in [-0.1, -0.05) is 26.0 Å². The summed E-state index contributed by atoms with van der Waals surface area (Å²) in [5.74, 6) is 1.60. The molecule has 96 valence electrons. The van der Waals surface area contributed by atoms with Crippen molar-refractivity contribution in [3.05, 3.63) is 47.4 Å². The number of nitrogens with zero attached hydrogens (tertiary/aromatic N) is 3. The average molecular weight is 253 g/mol. The molecular formula is C15H15N3O. The SMILES string of the molecule is Cc1ccc(C(C)C)cc1Oc1cnc(C#N)cn1. The van der Waals surface area contributed by atoms with E-state index in [4.69, 9.17) is 10.00 Å². The zero-order valence-electron chi connectivity index (χ0n) is 11.2. The van der Waals surface area contributed by atoms with Crippen molar-refractivity contribution >= 4 is 0 Å². The summed E-state index contributed by atoms with van der Waals surface area (Å²) in [4.78, 5) is 7.99. The lowest BCUT2D eigenvalue weighted by molar-refractivity contribution is 0.455. The second-order valence-corrected chi connectivity index (χ2v) is 4.63. The van der Waals surface area contributed by atoms with E-state index in [0.29, 0.717) is 11.8 Å². The third-order valence-electron chi connectivity index (χ3n) is 2.84. The molecule has 1 aromatic heterocycles. The topological polar surface area (TPSA) is 58.8 Å². The molecule has 4 heteroatoms. The Balaban J connectivity index is 2.27. The van der Waals surface area contributed by atoms with Gasteiger partial charge in [0, 0.05) is 0 Å². The van der Waals surface area contributed by atoms with E-state index in [9.17, 15) is 0 Å². The first-order valence-electron chi connectivity index (χ1n) is 6.10. The molecule has 2 rings (SSSR count). The van der Waals surface area contributed by atoms with Gasteiger partial charge in [0.1, 0.15) is 11.8 Å². The summed E-state index contributed by atoms with van der Waals surface area (Å²) in [7, 11) is 0. The van der Waals surface area contributed by atoms with Crippen LogP contribution < -0.4 is 4.74 Å². The third kappa shape index (κ3) is 3.08. The second-order valence-electron chi connectivity index (χ2n) is 4.63. The smallest absolute Gasteiger partial charge is 0.237 e. The van der Waals surface area contributed by atoms with Crippen LogP contribution in [0.15, 0.2) is 30.6 Å². The molecule has 0 aliphatic heterocycles. The molecule has 0 spiro atoms. The highest BCUT2D eigenvalue weighted by molar-refractivity contribution is 5.39. The Morgan fingerprint density at radius 2 is 2.00 bits per heavy atom. The molecule has 19 heavy (non-hydrogen) atoms. The van der Waals surface area contributed by atoms with Crippen molar-refractivity contribution in [2.24, 2.45) is 0 Å². The highest BCUT2D eigenvalue weighted by Crippen LogP contribution is 2.27. The van der Waals surface area contributed by atoms with E-state index >= 15 is 0 Å². The first-order valence-corrected chi connectivity index (χ1v) is 6.10. The molecule has 0 fully saturated rings. The van der Waals surface area contributed by atoms with Crippen LogP contribution >= 0.6 is 0 Å². The van der Waals surface area contributed by atoms with Crippen LogP contribution in [0.5, 0.6) is 11.6 Å². The first-order chi connectivity index (χ1) is 9.10. The van der Waals surface area contributed by atoms with E-state index in [1.807, 2.05) is 25.1 Å². The third-order valence-corrected chi connectivity index (χ3v) is 2.84. The van der Waals surface area contributed by atoms with Crippen LogP contribution in [0.25, 0.3) is 0 Å². The number of rotatable bonds is 3. The van der Waals surface area contributed by atoms with Crippen LogP contribution in [0.1, 0.15) is 36.6 Å². The molecule has 0 N–H and O–H groups in total. The molecule has 0 atom stereocenters. The van der Waals surface area contributed by atoms with Gasteiger partial charge in [-0.2, -0.15) is 5.26 Å². The quantitative estimate of drug-likeness (QED) is 0.839. The second kappa shape index (κ2) is 5.49. The van der Waals surface area contributed by atoms with Crippen molar-refractivity contribution in [3.63, 3.8) is 0 Å². The number of hydrogen-bond donors (Lipinski definition) is 0. The van der Waals surface area contributed by atoms with Crippen molar-refractivity contribution in [1.29, 1.82) is 5.26 Å². The minimum absolute atomic E-state index is 0.278. The lowest BCUT2D eigenvalue weighted by Crippen LogP contribution is -1.95. The molecule has 0 saturated heterocycles. The van der Waals surface area contributed by atoms with Gasteiger partial charge in [0.15, 0.2) is 5.69 Å². The minimum atomic E-state index is 0.278. The van der Waals surface area contributed by atoms with Crippen molar-refractivity contribution in [3.8, 4) is 17.7 Å². The Labute approximate surface area is 112 Å². The van der Waals surface area contributed by atoms with Crippen molar-refractivity contribution < 1.29 is 4.74 Å². The number of ether oxygens (including phenoxy) is 1. The molecule has 0 amide bonds. The number of aryl methyl sites for hydroxylation is 1. The molecule has 1 heterocycles. The monoisotopic (exact) mass is 253 g/mol. The molecule has 0 aliphatic carbocycles. The number of aromatic nitrogens is 2. The molecule has 2 aromatic rings. The van der Waals surface area contributed by atoms with Gasteiger partial charge < -0.3 is 4.74 Å². The van der Waals surface area contributed by atoms with Crippen molar-refractivity contribution in [2.75, 3.05) is 0 Å². The summed E-state index contributed by atoms with van der Waals surface area (Å²) in [6.07, 6.45) is 2.86. The number of benzene rings is 1. The zero-order valence-corrected chi connectivity index (χ0v) is 11.2. The number of hydrogen-bond acceptors (Lipinski definition) is 4. The summed E-state index contributed by atoms with van der Waals surface area (Å²) >= 11 is 0. The van der Waals surface area contributed by atoms with E-state index in [0.717, 1.165) is 11.3 Å². The van der Waals surface area contributed by atoms with Crippen LogP contribution in [-0.4, -0.2) is 9.97 Å². The van der Waals surface area contributed by atoms with Crippen LogP contribution in [0.2, 0.25) is 0 Å². The van der Waals surface area contributed by atoms with Crippen molar-refractivity contribution in [1.82, 2.24) is 9.97 Å². The van der Waals surface area contributed by atoms with E-state index in [1.54, 1.807) is 0 Å². The summed E-state index contributed by atoms with van der Waals surface area (Å²) < 4.78 is 5.72. The molecule has 0 saturated carbocycles. The van der Waals surface area contributed by atoms with Crippen molar-refractivity contribution in [2.45, 2.75) is 26.7 Å². The maximum Gasteiger partial charge on any atom is 0.237 e. The molecule has 0 aliphatic rings. The summed E-state index contributed by atoms with van der Waals surface area (Å²) in [5, 5.41) is 8.67. The Morgan fingerprint density at radius 3 is 2.58 bits per heavy atom. The maximum atomic E-state index is 8.67. The van der Waals surface area contributed by atoms with Gasteiger partial charge in [0.25, 0.3) is 0 Å². The Kier molecular flexibility index (Phi) is 3.76. The van der Waals surface area contributed by atoms with Gasteiger partial charge in [-0.3, -0.25) is 0 Å². The van der Waals surface area contributed by atoms with Gasteiger partial charge >= 0.3 is 0 Å². The molecule has 0 bridgehead atoms. The maximum absolute atomic E-state index is 8.67. The molecule has 1 aromatic carbocycles. The molecule has 4 nitrogen and oxygen atoms in total. The van der Waals surface area contributed by atoms with Gasteiger partial charge in [-0.05, 0) is 30.0 Å². The summed E-state index contributed by atoms with van der Waals surface area (Å²) in [6, 6.07) is 8.06. The predicted octanol–water partition coefficient (Wildman–Crippen LogP) is 3.57. The van der Waals surface area contributed by atoms with Gasteiger partial charge in [0.05, 0.1) is 12.4 Å². The van der Waals surface area contributed by atoms with E-state index in [2.05, 4.69) is 29.9 Å². The average Bonchev–Trinajstić information content (AvgIpc) is 2.42. The highest BCUT2D eigenvalue weighted by atomic mass is 16.5. The number of nitriles is 1. The van der Waals surface area contributed by atoms with E-state index in [1.165, 1.54) is 18.0 Å². The summed E-state index contributed by atoms with van der Waals surface area (Å²) in [5.41, 5.74) is 2.53. The molecule has 0 unspecified atom stereocenters. The fourth-order valence-electron chi connectivity index (χ4n) is 1.63. The summed E-state index contributed by atoms with van der Waals surface area (Å²) in [6.45, 7) is 6.25. The van der Waals surface area contributed by atoms with Crippen LogP contribution in [-0.2, 0) is 0 Å². The fourth-order valence-corrected chi connectivity index (χ4v) is 1.63. The lowest BCUT2D eigenvalue weighted by atomic mass is 10.0. The molecule has 0 radical (unpaired) electrons. The van der Waals surface area contributed by atoms with E-state index < -0.39 is 0 Å². The Morgan fingerprint density at radius 1 is 1.21 bits per heavy atom. The van der Waals surface area contributed by atoms with Gasteiger partial charge in [-0.15, -0.1) is 0 Å².